The molecule has 0 heterocycles. The van der Waals surface area contributed by atoms with Crippen molar-refractivity contribution in [2.45, 2.75) is 25.8 Å². The molecule has 0 aromatic rings. The maximum absolute atomic E-state index is 10.5. The molecule has 0 spiro atoms. The van der Waals surface area contributed by atoms with Gasteiger partial charge in [-0.2, -0.15) is 0 Å². The molecule has 3 nitrogen and oxygen atoms in total. The van der Waals surface area contributed by atoms with Crippen LogP contribution >= 0.6 is 0 Å². The number of hydrogen-bond acceptors (Lipinski definition) is 2. The van der Waals surface area contributed by atoms with E-state index >= 15 is 0 Å². The Morgan fingerprint density at radius 2 is 2.33 bits per heavy atom. The van der Waals surface area contributed by atoms with Crippen molar-refractivity contribution >= 4 is 5.97 Å². The monoisotopic (exact) mass is 171 g/mol. The minimum Gasteiger partial charge on any atom is -0.480 e. The van der Waals surface area contributed by atoms with Gasteiger partial charge in [0.15, 0.2) is 0 Å². The van der Waals surface area contributed by atoms with E-state index in [1.165, 1.54) is 0 Å². The minimum absolute atomic E-state index is 0.394. The van der Waals surface area contributed by atoms with Gasteiger partial charge in [0.05, 0.1) is 0 Å². The van der Waals surface area contributed by atoms with Crippen LogP contribution in [0.3, 0.4) is 0 Å². The molecule has 0 aliphatic rings. The third-order valence-corrected chi connectivity index (χ3v) is 1.94. The topological polar surface area (TPSA) is 40.5 Å². The van der Waals surface area contributed by atoms with Crippen LogP contribution in [0.2, 0.25) is 0 Å². The Labute approximate surface area is 73.7 Å². The molecule has 0 aliphatic heterocycles. The van der Waals surface area contributed by atoms with E-state index in [0.29, 0.717) is 0 Å². The van der Waals surface area contributed by atoms with Crippen LogP contribution in [0.5, 0.6) is 0 Å². The van der Waals surface area contributed by atoms with E-state index in [2.05, 4.69) is 6.58 Å². The Hall–Kier alpha value is -0.830. The highest BCUT2D eigenvalue weighted by atomic mass is 16.4. The molecule has 0 saturated carbocycles. The van der Waals surface area contributed by atoms with E-state index in [4.69, 9.17) is 5.11 Å². The summed E-state index contributed by atoms with van der Waals surface area (Å²) in [5, 5.41) is 8.65. The number of allylic oxidation sites excluding steroid dienone is 1. The van der Waals surface area contributed by atoms with E-state index in [-0.39, 0.29) is 0 Å². The largest absolute Gasteiger partial charge is 0.480 e. The molecule has 0 amide bonds. The smallest absolute Gasteiger partial charge is 0.320 e. The highest BCUT2D eigenvalue weighted by Gasteiger charge is 2.15. The molecule has 0 aromatic carbocycles. The Kier molecular flexibility index (Phi) is 5.37. The quantitative estimate of drug-likeness (QED) is 0.484. The standard InChI is InChI=1S/C9H17NO2/c1-4-5-6-7-10(3)8(2)9(11)12/h4,8H,1,5-7H2,2-3H3,(H,11,12). The Morgan fingerprint density at radius 3 is 2.75 bits per heavy atom. The molecule has 0 aliphatic carbocycles. The van der Waals surface area contributed by atoms with E-state index in [1.54, 1.807) is 6.92 Å². The molecule has 1 N–H and O–H groups in total. The highest BCUT2D eigenvalue weighted by Crippen LogP contribution is 1.99. The number of aliphatic carboxylic acids is 1. The number of unbranched alkanes of at least 4 members (excludes halogenated alkanes) is 1. The summed E-state index contributed by atoms with van der Waals surface area (Å²) in [6, 6.07) is -0.394. The first-order chi connectivity index (χ1) is 5.59. The zero-order chi connectivity index (χ0) is 9.56. The predicted octanol–water partition coefficient (Wildman–Crippen LogP) is 1.36. The summed E-state index contributed by atoms with van der Waals surface area (Å²) in [5.41, 5.74) is 0. The Morgan fingerprint density at radius 1 is 1.75 bits per heavy atom. The molecule has 0 rings (SSSR count). The first-order valence-electron chi connectivity index (χ1n) is 4.13. The molecule has 0 aromatic heterocycles. The lowest BCUT2D eigenvalue weighted by molar-refractivity contribution is -0.142. The van der Waals surface area contributed by atoms with Crippen molar-refractivity contribution in [3.63, 3.8) is 0 Å². The lowest BCUT2D eigenvalue weighted by Gasteiger charge is -2.20. The average Bonchev–Trinajstić information content (AvgIpc) is 2.03. The lowest BCUT2D eigenvalue weighted by Crippen LogP contribution is -2.36. The third-order valence-electron chi connectivity index (χ3n) is 1.94. The summed E-state index contributed by atoms with van der Waals surface area (Å²) in [6.45, 7) is 6.10. The fourth-order valence-electron chi connectivity index (χ4n) is 0.867. The van der Waals surface area contributed by atoms with Crippen LogP contribution in [0.15, 0.2) is 12.7 Å². The van der Waals surface area contributed by atoms with Gasteiger partial charge in [0.2, 0.25) is 0 Å². The maximum atomic E-state index is 10.5. The zero-order valence-corrected chi connectivity index (χ0v) is 7.79. The van der Waals surface area contributed by atoms with E-state index in [0.717, 1.165) is 19.4 Å². The van der Waals surface area contributed by atoms with Crippen LogP contribution in [-0.2, 0) is 4.79 Å². The minimum atomic E-state index is -0.767. The van der Waals surface area contributed by atoms with Crippen LogP contribution in [0, 0.1) is 0 Å². The van der Waals surface area contributed by atoms with Gasteiger partial charge in [0.25, 0.3) is 0 Å². The van der Waals surface area contributed by atoms with Crippen molar-refractivity contribution in [3.8, 4) is 0 Å². The molecule has 0 radical (unpaired) electrons. The normalized spacial score (nSPS) is 12.9. The summed E-state index contributed by atoms with van der Waals surface area (Å²) in [5.74, 6) is -0.767. The maximum Gasteiger partial charge on any atom is 0.320 e. The molecule has 70 valence electrons. The van der Waals surface area contributed by atoms with Crippen LogP contribution in [0.25, 0.3) is 0 Å². The number of carbonyl (C=O) groups is 1. The molecule has 0 fully saturated rings. The van der Waals surface area contributed by atoms with E-state index < -0.39 is 12.0 Å². The number of carboxylic acid groups (broad SMARTS) is 1. The summed E-state index contributed by atoms with van der Waals surface area (Å²) < 4.78 is 0. The fraction of sp³-hybridized carbons (Fsp3) is 0.667. The second-order valence-electron chi connectivity index (χ2n) is 2.93. The number of hydrogen-bond donors (Lipinski definition) is 1. The van der Waals surface area contributed by atoms with Crippen LogP contribution < -0.4 is 0 Å². The van der Waals surface area contributed by atoms with Crippen molar-refractivity contribution in [1.82, 2.24) is 4.90 Å². The lowest BCUT2D eigenvalue weighted by atomic mass is 10.2. The molecular weight excluding hydrogens is 154 g/mol. The molecule has 1 unspecified atom stereocenters. The van der Waals surface area contributed by atoms with Gasteiger partial charge in [-0.25, -0.2) is 0 Å². The van der Waals surface area contributed by atoms with Gasteiger partial charge in [-0.3, -0.25) is 9.69 Å². The van der Waals surface area contributed by atoms with Crippen molar-refractivity contribution in [2.75, 3.05) is 13.6 Å². The highest BCUT2D eigenvalue weighted by molar-refractivity contribution is 5.72. The molecule has 0 bridgehead atoms. The summed E-state index contributed by atoms with van der Waals surface area (Å²) in [6.07, 6.45) is 3.76. The van der Waals surface area contributed by atoms with Gasteiger partial charge in [-0.1, -0.05) is 6.08 Å². The van der Waals surface area contributed by atoms with E-state index in [1.807, 2.05) is 18.0 Å². The van der Waals surface area contributed by atoms with Crippen LogP contribution in [0.1, 0.15) is 19.8 Å². The molecule has 1 atom stereocenters. The number of carboxylic acids is 1. The summed E-state index contributed by atoms with van der Waals surface area (Å²) >= 11 is 0. The van der Waals surface area contributed by atoms with Crippen LogP contribution in [-0.4, -0.2) is 35.6 Å². The van der Waals surface area contributed by atoms with Gasteiger partial charge in [-0.15, -0.1) is 6.58 Å². The molecule has 0 saturated heterocycles. The van der Waals surface area contributed by atoms with Gasteiger partial charge in [-0.05, 0) is 33.4 Å². The van der Waals surface area contributed by atoms with Crippen molar-refractivity contribution in [1.29, 1.82) is 0 Å². The second-order valence-corrected chi connectivity index (χ2v) is 2.93. The number of likely N-dealkylation sites (N-methyl/N-ethyl adjacent to an activating group) is 1. The molecular formula is C9H17NO2. The number of nitrogens with zero attached hydrogens (tertiary/aromatic N) is 1. The summed E-state index contributed by atoms with van der Waals surface area (Å²) in [7, 11) is 1.82. The van der Waals surface area contributed by atoms with E-state index in [9.17, 15) is 4.79 Å². The predicted molar refractivity (Wildman–Crippen MR) is 49.2 cm³/mol. The van der Waals surface area contributed by atoms with Crippen LogP contribution in [0.4, 0.5) is 0 Å². The average molecular weight is 171 g/mol. The first kappa shape index (κ1) is 11.2. The third kappa shape index (κ3) is 4.13. The van der Waals surface area contributed by atoms with Gasteiger partial charge < -0.3 is 5.11 Å². The van der Waals surface area contributed by atoms with Crippen molar-refractivity contribution < 1.29 is 9.90 Å². The van der Waals surface area contributed by atoms with Gasteiger partial charge in [0.1, 0.15) is 6.04 Å². The van der Waals surface area contributed by atoms with Crippen molar-refractivity contribution in [3.05, 3.63) is 12.7 Å². The van der Waals surface area contributed by atoms with Crippen molar-refractivity contribution in [2.24, 2.45) is 0 Å². The van der Waals surface area contributed by atoms with Gasteiger partial charge >= 0.3 is 5.97 Å². The Bertz CT molecular complexity index is 157. The molecule has 3 heteroatoms. The zero-order valence-electron chi connectivity index (χ0n) is 7.79. The fourth-order valence-corrected chi connectivity index (χ4v) is 0.867. The SMILES string of the molecule is C=CCCCN(C)C(C)C(=O)O. The molecule has 12 heavy (non-hydrogen) atoms. The van der Waals surface area contributed by atoms with Gasteiger partial charge in [0, 0.05) is 0 Å². The summed E-state index contributed by atoms with van der Waals surface area (Å²) in [4.78, 5) is 12.3. The second kappa shape index (κ2) is 5.77. The first-order valence-corrected chi connectivity index (χ1v) is 4.13. The number of rotatable bonds is 6. The Balaban J connectivity index is 3.63.